The number of rotatable bonds is 6. The maximum Gasteiger partial charge on any atom is 0.223 e. The average Bonchev–Trinajstić information content (AvgIpc) is 2.58. The Bertz CT molecular complexity index is 264. The Labute approximate surface area is 81.9 Å². The lowest BCUT2D eigenvalue weighted by atomic mass is 10.3. The minimum atomic E-state index is -0.706. The van der Waals surface area contributed by atoms with E-state index in [1.165, 1.54) is 0 Å². The number of aliphatic hydroxyl groups is 2. The molecule has 0 saturated heterocycles. The summed E-state index contributed by atoms with van der Waals surface area (Å²) in [5.41, 5.74) is 0. The summed E-state index contributed by atoms with van der Waals surface area (Å²) in [7, 11) is 0. The van der Waals surface area contributed by atoms with E-state index in [-0.39, 0.29) is 6.61 Å². The second-order valence-corrected chi connectivity index (χ2v) is 3.02. The van der Waals surface area contributed by atoms with Crippen molar-refractivity contribution < 1.29 is 14.7 Å². The maximum atomic E-state index is 9.00. The van der Waals surface area contributed by atoms with Gasteiger partial charge in [0.1, 0.15) is 0 Å². The van der Waals surface area contributed by atoms with Crippen molar-refractivity contribution in [3.8, 4) is 0 Å². The fourth-order valence-corrected chi connectivity index (χ4v) is 0.976. The molecule has 0 spiro atoms. The number of nitrogens with zero attached hydrogens (tertiary/aromatic N) is 2. The van der Waals surface area contributed by atoms with E-state index in [2.05, 4.69) is 15.5 Å². The van der Waals surface area contributed by atoms with Crippen LogP contribution in [0.5, 0.6) is 0 Å². The van der Waals surface area contributed by atoms with Gasteiger partial charge in [-0.2, -0.15) is 4.98 Å². The molecule has 0 fully saturated rings. The predicted molar refractivity (Wildman–Crippen MR) is 48.7 cm³/mol. The first-order chi connectivity index (χ1) is 6.72. The van der Waals surface area contributed by atoms with Crippen molar-refractivity contribution in [1.29, 1.82) is 0 Å². The van der Waals surface area contributed by atoms with Crippen LogP contribution in [-0.4, -0.2) is 46.2 Å². The van der Waals surface area contributed by atoms with Gasteiger partial charge in [0.25, 0.3) is 0 Å². The van der Waals surface area contributed by atoms with Crippen LogP contribution in [0, 0.1) is 6.92 Å². The molecule has 0 bridgehead atoms. The van der Waals surface area contributed by atoms with E-state index in [0.29, 0.717) is 31.2 Å². The summed E-state index contributed by atoms with van der Waals surface area (Å²) in [6.07, 6.45) is -0.0582. The van der Waals surface area contributed by atoms with Gasteiger partial charge in [0.2, 0.25) is 5.89 Å². The molecule has 0 radical (unpaired) electrons. The molecule has 1 aromatic rings. The molecule has 1 aromatic heterocycles. The molecule has 1 heterocycles. The fourth-order valence-electron chi connectivity index (χ4n) is 0.976. The molecule has 0 aromatic carbocycles. The van der Waals surface area contributed by atoms with Gasteiger partial charge >= 0.3 is 0 Å². The molecule has 1 rings (SSSR count). The molecule has 0 amide bonds. The lowest BCUT2D eigenvalue weighted by Crippen LogP contribution is -2.30. The summed E-state index contributed by atoms with van der Waals surface area (Å²) >= 11 is 0. The van der Waals surface area contributed by atoms with Crippen molar-refractivity contribution in [2.24, 2.45) is 0 Å². The third-order valence-corrected chi connectivity index (χ3v) is 1.69. The van der Waals surface area contributed by atoms with Gasteiger partial charge < -0.3 is 20.1 Å². The first-order valence-electron chi connectivity index (χ1n) is 4.51. The normalized spacial score (nSPS) is 13.1. The molecule has 6 heteroatoms. The highest BCUT2D eigenvalue weighted by Gasteiger charge is 2.03. The van der Waals surface area contributed by atoms with Gasteiger partial charge in [0.15, 0.2) is 5.82 Å². The summed E-state index contributed by atoms with van der Waals surface area (Å²) < 4.78 is 4.79. The van der Waals surface area contributed by atoms with Crippen LogP contribution in [0.15, 0.2) is 4.52 Å². The highest BCUT2D eigenvalue weighted by Crippen LogP contribution is 1.94. The van der Waals surface area contributed by atoms with Crippen molar-refractivity contribution in [2.45, 2.75) is 19.4 Å². The van der Waals surface area contributed by atoms with Crippen molar-refractivity contribution in [1.82, 2.24) is 15.5 Å². The van der Waals surface area contributed by atoms with E-state index >= 15 is 0 Å². The molecule has 0 saturated carbocycles. The molecule has 0 aliphatic heterocycles. The van der Waals surface area contributed by atoms with Crippen LogP contribution in [-0.2, 0) is 6.42 Å². The van der Waals surface area contributed by atoms with Gasteiger partial charge in [-0.25, -0.2) is 0 Å². The van der Waals surface area contributed by atoms with E-state index in [1.807, 2.05) is 0 Å². The number of hydrogen-bond acceptors (Lipinski definition) is 6. The molecule has 14 heavy (non-hydrogen) atoms. The van der Waals surface area contributed by atoms with E-state index in [1.54, 1.807) is 6.92 Å². The first kappa shape index (κ1) is 11.1. The average molecular weight is 201 g/mol. The van der Waals surface area contributed by atoms with Crippen molar-refractivity contribution in [2.75, 3.05) is 19.7 Å². The Hall–Kier alpha value is -0.980. The Morgan fingerprint density at radius 2 is 2.36 bits per heavy atom. The van der Waals surface area contributed by atoms with Crippen LogP contribution in [0.4, 0.5) is 0 Å². The zero-order valence-electron chi connectivity index (χ0n) is 8.10. The zero-order valence-corrected chi connectivity index (χ0v) is 8.10. The Balaban J connectivity index is 2.10. The van der Waals surface area contributed by atoms with E-state index in [0.717, 1.165) is 0 Å². The van der Waals surface area contributed by atoms with Crippen molar-refractivity contribution in [3.63, 3.8) is 0 Å². The third-order valence-electron chi connectivity index (χ3n) is 1.69. The largest absolute Gasteiger partial charge is 0.394 e. The highest BCUT2D eigenvalue weighted by atomic mass is 16.5. The number of aromatic nitrogens is 2. The third kappa shape index (κ3) is 3.82. The number of hydrogen-bond donors (Lipinski definition) is 3. The van der Waals surface area contributed by atoms with Crippen LogP contribution in [0.2, 0.25) is 0 Å². The molecule has 3 N–H and O–H groups in total. The van der Waals surface area contributed by atoms with Gasteiger partial charge in [-0.3, -0.25) is 0 Å². The highest BCUT2D eigenvalue weighted by molar-refractivity contribution is 4.84. The molecule has 1 atom stereocenters. The van der Waals surface area contributed by atoms with Gasteiger partial charge in [0, 0.05) is 26.4 Å². The fraction of sp³-hybridized carbons (Fsp3) is 0.750. The Morgan fingerprint density at radius 3 is 2.93 bits per heavy atom. The summed E-state index contributed by atoms with van der Waals surface area (Å²) in [6, 6.07) is 0. The van der Waals surface area contributed by atoms with Gasteiger partial charge in [-0.05, 0) is 0 Å². The SMILES string of the molecule is Cc1nc(CCNC[C@H](O)CO)no1. The maximum absolute atomic E-state index is 9.00. The monoisotopic (exact) mass is 201 g/mol. The standard InChI is InChI=1S/C8H15N3O3/c1-6-10-8(11-14-6)2-3-9-4-7(13)5-12/h7,9,12-13H,2-5H2,1H3/t7-/m0/s1. The van der Waals surface area contributed by atoms with Crippen LogP contribution in [0.1, 0.15) is 11.7 Å². The summed E-state index contributed by atoms with van der Waals surface area (Å²) in [6.45, 7) is 2.52. The molecular formula is C8H15N3O3. The molecular weight excluding hydrogens is 186 g/mol. The quantitative estimate of drug-likeness (QED) is 0.504. The zero-order chi connectivity index (χ0) is 10.4. The van der Waals surface area contributed by atoms with Crippen molar-refractivity contribution >= 4 is 0 Å². The van der Waals surface area contributed by atoms with E-state index in [4.69, 9.17) is 14.7 Å². The summed E-state index contributed by atoms with van der Waals surface area (Å²) in [5, 5.41) is 24.2. The van der Waals surface area contributed by atoms with Gasteiger partial charge in [-0.1, -0.05) is 5.16 Å². The van der Waals surface area contributed by atoms with Crippen LogP contribution < -0.4 is 5.32 Å². The van der Waals surface area contributed by atoms with Crippen LogP contribution in [0.3, 0.4) is 0 Å². The number of nitrogens with one attached hydrogen (secondary N) is 1. The molecule has 80 valence electrons. The van der Waals surface area contributed by atoms with Crippen LogP contribution >= 0.6 is 0 Å². The van der Waals surface area contributed by atoms with Gasteiger partial charge in [-0.15, -0.1) is 0 Å². The topological polar surface area (TPSA) is 91.4 Å². The number of aryl methyl sites for hydroxylation is 1. The Kier molecular flexibility index (Phi) is 4.51. The lowest BCUT2D eigenvalue weighted by molar-refractivity contribution is 0.0946. The minimum absolute atomic E-state index is 0.228. The first-order valence-corrected chi connectivity index (χ1v) is 4.51. The summed E-state index contributed by atoms with van der Waals surface area (Å²) in [4.78, 5) is 4.02. The molecule has 6 nitrogen and oxygen atoms in total. The van der Waals surface area contributed by atoms with Crippen LogP contribution in [0.25, 0.3) is 0 Å². The lowest BCUT2D eigenvalue weighted by Gasteiger charge is -2.06. The second-order valence-electron chi connectivity index (χ2n) is 3.02. The number of aliphatic hydroxyl groups excluding tert-OH is 2. The predicted octanol–water partition coefficient (Wildman–Crippen LogP) is -1.14. The second kappa shape index (κ2) is 5.69. The van der Waals surface area contributed by atoms with Crippen molar-refractivity contribution in [3.05, 3.63) is 11.7 Å². The Morgan fingerprint density at radius 1 is 1.57 bits per heavy atom. The van der Waals surface area contributed by atoms with E-state index < -0.39 is 6.10 Å². The van der Waals surface area contributed by atoms with Gasteiger partial charge in [0.05, 0.1) is 12.7 Å². The minimum Gasteiger partial charge on any atom is -0.394 e. The molecule has 0 aliphatic rings. The molecule has 0 aliphatic carbocycles. The smallest absolute Gasteiger partial charge is 0.223 e. The molecule has 0 unspecified atom stereocenters. The summed E-state index contributed by atoms with van der Waals surface area (Å²) in [5.74, 6) is 1.20. The van der Waals surface area contributed by atoms with E-state index in [9.17, 15) is 0 Å².